The molecule has 0 radical (unpaired) electrons. The molecule has 3 nitrogen and oxygen atoms in total. The van der Waals surface area contributed by atoms with Crippen molar-refractivity contribution in [2.75, 3.05) is 20.2 Å². The lowest BCUT2D eigenvalue weighted by Gasteiger charge is -2.15. The predicted molar refractivity (Wildman–Crippen MR) is 57.0 cm³/mol. The molecule has 0 saturated heterocycles. The highest BCUT2D eigenvalue weighted by atomic mass is 16.3. The summed E-state index contributed by atoms with van der Waals surface area (Å²) < 4.78 is 0. The molecule has 0 unspecified atom stereocenters. The fraction of sp³-hybridized carbons (Fsp3) is 0.545. The molecule has 1 aromatic rings. The molecule has 0 amide bonds. The third kappa shape index (κ3) is 3.85. The van der Waals surface area contributed by atoms with Gasteiger partial charge in [-0.1, -0.05) is 6.07 Å². The first-order valence-corrected chi connectivity index (χ1v) is 4.94. The minimum atomic E-state index is 0.256. The maximum Gasteiger partial charge on any atom is 0.0547 e. The number of nitrogens with zero attached hydrogens (tertiary/aromatic N) is 2. The molecule has 0 saturated carbocycles. The summed E-state index contributed by atoms with van der Waals surface area (Å²) >= 11 is 0. The number of aliphatic hydroxyl groups excluding tert-OH is 1. The van der Waals surface area contributed by atoms with Crippen LogP contribution in [0.2, 0.25) is 0 Å². The van der Waals surface area contributed by atoms with E-state index in [4.69, 9.17) is 5.11 Å². The van der Waals surface area contributed by atoms with Crippen LogP contribution in [0.25, 0.3) is 0 Å². The molecule has 0 aromatic carbocycles. The van der Waals surface area contributed by atoms with Gasteiger partial charge >= 0.3 is 0 Å². The molecule has 1 aromatic heterocycles. The quantitative estimate of drug-likeness (QED) is 0.765. The Morgan fingerprint density at radius 2 is 2.21 bits per heavy atom. The van der Waals surface area contributed by atoms with Gasteiger partial charge in [-0.25, -0.2) is 0 Å². The summed E-state index contributed by atoms with van der Waals surface area (Å²) in [7, 11) is 2.04. The second kappa shape index (κ2) is 5.73. The van der Waals surface area contributed by atoms with Gasteiger partial charge in [-0.15, -0.1) is 0 Å². The fourth-order valence-electron chi connectivity index (χ4n) is 1.38. The summed E-state index contributed by atoms with van der Waals surface area (Å²) in [6.45, 7) is 4.01. The van der Waals surface area contributed by atoms with Crippen LogP contribution in [0.4, 0.5) is 0 Å². The molecule has 0 atom stereocenters. The molecule has 1 N–H and O–H groups in total. The Hall–Kier alpha value is -0.930. The zero-order valence-electron chi connectivity index (χ0n) is 8.90. The van der Waals surface area contributed by atoms with E-state index >= 15 is 0 Å². The maximum atomic E-state index is 8.68. The highest BCUT2D eigenvalue weighted by Crippen LogP contribution is 2.01. The first kappa shape index (κ1) is 11.1. The average molecular weight is 194 g/mol. The van der Waals surface area contributed by atoms with E-state index in [1.54, 1.807) is 0 Å². The van der Waals surface area contributed by atoms with Gasteiger partial charge < -0.3 is 10.0 Å². The third-order valence-electron chi connectivity index (χ3n) is 2.08. The van der Waals surface area contributed by atoms with Gasteiger partial charge in [0.15, 0.2) is 0 Å². The molecule has 1 heterocycles. The molecule has 14 heavy (non-hydrogen) atoms. The van der Waals surface area contributed by atoms with Crippen molar-refractivity contribution in [3.8, 4) is 0 Å². The van der Waals surface area contributed by atoms with E-state index in [9.17, 15) is 0 Å². The second-order valence-corrected chi connectivity index (χ2v) is 3.59. The molecule has 0 spiro atoms. The van der Waals surface area contributed by atoms with E-state index in [1.807, 2.05) is 32.2 Å². The molecule has 0 fully saturated rings. The van der Waals surface area contributed by atoms with Gasteiger partial charge in [0.25, 0.3) is 0 Å². The highest BCUT2D eigenvalue weighted by molar-refractivity contribution is 5.09. The first-order chi connectivity index (χ1) is 6.72. The Bertz CT molecular complexity index is 276. The monoisotopic (exact) mass is 194 g/mol. The van der Waals surface area contributed by atoms with Crippen LogP contribution in [0, 0.1) is 6.92 Å². The van der Waals surface area contributed by atoms with Crippen molar-refractivity contribution < 1.29 is 5.11 Å². The number of aromatic nitrogens is 1. The molecular weight excluding hydrogens is 176 g/mol. The Morgan fingerprint density at radius 3 is 2.86 bits per heavy atom. The summed E-state index contributed by atoms with van der Waals surface area (Å²) in [5.74, 6) is 0. The van der Waals surface area contributed by atoms with Crippen LogP contribution < -0.4 is 0 Å². The van der Waals surface area contributed by atoms with Crippen LogP contribution in [-0.4, -0.2) is 35.2 Å². The van der Waals surface area contributed by atoms with E-state index in [1.165, 1.54) is 0 Å². The van der Waals surface area contributed by atoms with Gasteiger partial charge in [-0.3, -0.25) is 4.98 Å². The molecule has 0 bridgehead atoms. The van der Waals surface area contributed by atoms with Crippen molar-refractivity contribution in [1.82, 2.24) is 9.88 Å². The summed E-state index contributed by atoms with van der Waals surface area (Å²) in [5.41, 5.74) is 2.14. The SMILES string of the molecule is Cc1cccc(CN(C)CCCO)n1. The van der Waals surface area contributed by atoms with Crippen molar-refractivity contribution in [3.05, 3.63) is 29.6 Å². The second-order valence-electron chi connectivity index (χ2n) is 3.59. The van der Waals surface area contributed by atoms with Gasteiger partial charge in [-0.2, -0.15) is 0 Å². The standard InChI is InChI=1S/C11H18N2O/c1-10-5-3-6-11(12-10)9-13(2)7-4-8-14/h3,5-6,14H,4,7-9H2,1-2H3. The zero-order chi connectivity index (χ0) is 10.4. The zero-order valence-corrected chi connectivity index (χ0v) is 8.90. The van der Waals surface area contributed by atoms with Gasteiger partial charge in [0, 0.05) is 25.4 Å². The van der Waals surface area contributed by atoms with E-state index in [0.717, 1.165) is 30.9 Å². The largest absolute Gasteiger partial charge is 0.396 e. The Balaban J connectivity index is 2.43. The van der Waals surface area contributed by atoms with Crippen LogP contribution >= 0.6 is 0 Å². The van der Waals surface area contributed by atoms with Gasteiger partial charge in [-0.05, 0) is 32.5 Å². The Kier molecular flexibility index (Phi) is 4.56. The van der Waals surface area contributed by atoms with Crippen molar-refractivity contribution in [2.45, 2.75) is 19.9 Å². The van der Waals surface area contributed by atoms with E-state index in [0.29, 0.717) is 0 Å². The summed E-state index contributed by atoms with van der Waals surface area (Å²) in [4.78, 5) is 6.58. The fourth-order valence-corrected chi connectivity index (χ4v) is 1.38. The van der Waals surface area contributed by atoms with Crippen LogP contribution in [0.15, 0.2) is 18.2 Å². The summed E-state index contributed by atoms with van der Waals surface area (Å²) in [6, 6.07) is 6.05. The number of hydrogen-bond donors (Lipinski definition) is 1. The molecule has 0 aliphatic carbocycles. The number of hydrogen-bond acceptors (Lipinski definition) is 3. The lowest BCUT2D eigenvalue weighted by molar-refractivity contribution is 0.243. The van der Waals surface area contributed by atoms with Crippen LogP contribution in [0.1, 0.15) is 17.8 Å². The normalized spacial score (nSPS) is 10.9. The van der Waals surface area contributed by atoms with Crippen molar-refractivity contribution in [3.63, 3.8) is 0 Å². The minimum absolute atomic E-state index is 0.256. The van der Waals surface area contributed by atoms with Crippen molar-refractivity contribution >= 4 is 0 Å². The molecule has 3 heteroatoms. The number of aryl methyl sites for hydroxylation is 1. The Morgan fingerprint density at radius 1 is 1.43 bits per heavy atom. The summed E-state index contributed by atoms with van der Waals surface area (Å²) in [5, 5.41) is 8.68. The maximum absolute atomic E-state index is 8.68. The van der Waals surface area contributed by atoms with Gasteiger partial charge in [0.2, 0.25) is 0 Å². The van der Waals surface area contributed by atoms with E-state index in [-0.39, 0.29) is 6.61 Å². The van der Waals surface area contributed by atoms with Crippen LogP contribution in [0.3, 0.4) is 0 Å². The number of aliphatic hydroxyl groups is 1. The predicted octanol–water partition coefficient (Wildman–Crippen LogP) is 1.20. The third-order valence-corrected chi connectivity index (χ3v) is 2.08. The topological polar surface area (TPSA) is 36.4 Å². The summed E-state index contributed by atoms with van der Waals surface area (Å²) in [6.07, 6.45) is 0.822. The average Bonchev–Trinajstić information content (AvgIpc) is 2.15. The Labute approximate surface area is 85.4 Å². The molecular formula is C11H18N2O. The lowest BCUT2D eigenvalue weighted by Crippen LogP contribution is -2.20. The van der Waals surface area contributed by atoms with Crippen LogP contribution in [0.5, 0.6) is 0 Å². The smallest absolute Gasteiger partial charge is 0.0547 e. The number of pyridine rings is 1. The minimum Gasteiger partial charge on any atom is -0.396 e. The van der Waals surface area contributed by atoms with Crippen molar-refractivity contribution in [2.24, 2.45) is 0 Å². The van der Waals surface area contributed by atoms with Crippen molar-refractivity contribution in [1.29, 1.82) is 0 Å². The highest BCUT2D eigenvalue weighted by Gasteiger charge is 2.00. The molecule has 78 valence electrons. The van der Waals surface area contributed by atoms with E-state index < -0.39 is 0 Å². The van der Waals surface area contributed by atoms with Crippen LogP contribution in [-0.2, 0) is 6.54 Å². The lowest BCUT2D eigenvalue weighted by atomic mass is 10.3. The molecule has 0 aliphatic rings. The van der Waals surface area contributed by atoms with Gasteiger partial charge in [0.05, 0.1) is 5.69 Å². The first-order valence-electron chi connectivity index (χ1n) is 4.94. The van der Waals surface area contributed by atoms with Gasteiger partial charge in [0.1, 0.15) is 0 Å². The van der Waals surface area contributed by atoms with E-state index in [2.05, 4.69) is 9.88 Å². The molecule has 0 aliphatic heterocycles. The number of rotatable bonds is 5. The molecule has 1 rings (SSSR count).